The number of nitrogens with one attached hydrogen (secondary N) is 1. The lowest BCUT2D eigenvalue weighted by molar-refractivity contribution is -0.140. The molecule has 0 aliphatic carbocycles. The summed E-state index contributed by atoms with van der Waals surface area (Å²) < 4.78 is 81.1. The van der Waals surface area contributed by atoms with Crippen molar-refractivity contribution in [1.29, 1.82) is 0 Å². The van der Waals surface area contributed by atoms with Gasteiger partial charge in [-0.15, -0.1) is 0 Å². The van der Waals surface area contributed by atoms with E-state index >= 15 is 0 Å². The molecule has 0 radical (unpaired) electrons. The number of sulfonamides is 1. The zero-order chi connectivity index (χ0) is 23.1. The van der Waals surface area contributed by atoms with E-state index in [4.69, 9.17) is 5.11 Å². The summed E-state index contributed by atoms with van der Waals surface area (Å²) in [7, 11) is -4.53. The van der Waals surface area contributed by atoms with Gasteiger partial charge in [0.1, 0.15) is 5.82 Å². The first-order chi connectivity index (χ1) is 14.5. The van der Waals surface area contributed by atoms with Crippen molar-refractivity contribution >= 4 is 16.0 Å². The first kappa shape index (κ1) is 24.8. The van der Waals surface area contributed by atoms with Gasteiger partial charge in [0.15, 0.2) is 0 Å². The molecule has 31 heavy (non-hydrogen) atoms. The molecule has 170 valence electrons. The third-order valence-electron chi connectivity index (χ3n) is 4.69. The molecular formula is C21H23F4NO4S. The van der Waals surface area contributed by atoms with E-state index in [-0.39, 0.29) is 12.8 Å². The highest BCUT2D eigenvalue weighted by Crippen LogP contribution is 2.34. The molecule has 2 rings (SSSR count). The number of unbranched alkanes of at least 4 members (excludes halogenated alkanes) is 3. The smallest absolute Gasteiger partial charge is 0.417 e. The number of carboxylic acids is 1. The maximum atomic E-state index is 13.3. The number of aliphatic carboxylic acids is 1. The molecule has 0 bridgehead atoms. The van der Waals surface area contributed by atoms with Crippen molar-refractivity contribution in [2.45, 2.75) is 55.6 Å². The first-order valence-electron chi connectivity index (χ1n) is 9.66. The van der Waals surface area contributed by atoms with Gasteiger partial charge in [-0.2, -0.15) is 13.2 Å². The molecule has 0 spiro atoms. The number of carbonyl (C=O) groups is 1. The second-order valence-electron chi connectivity index (χ2n) is 7.07. The first-order valence-corrected chi connectivity index (χ1v) is 11.1. The summed E-state index contributed by atoms with van der Waals surface area (Å²) in [5, 5.41) is 8.66. The lowest BCUT2D eigenvalue weighted by Crippen LogP contribution is -2.30. The number of carboxylic acid groups (broad SMARTS) is 1. The van der Waals surface area contributed by atoms with E-state index in [1.54, 1.807) is 0 Å². The van der Waals surface area contributed by atoms with Crippen LogP contribution in [-0.2, 0) is 21.0 Å². The zero-order valence-corrected chi connectivity index (χ0v) is 17.3. The van der Waals surface area contributed by atoms with Crippen LogP contribution in [0.25, 0.3) is 0 Å². The SMILES string of the molecule is O=C(O)CCCCCCC(NS(=O)(=O)c1ccccc1C(F)(F)F)c1ccc(F)cc1. The highest BCUT2D eigenvalue weighted by molar-refractivity contribution is 7.89. The van der Waals surface area contributed by atoms with Crippen LogP contribution in [0.2, 0.25) is 0 Å². The Morgan fingerprint density at radius 1 is 0.968 bits per heavy atom. The lowest BCUT2D eigenvalue weighted by atomic mass is 10.0. The molecule has 2 aromatic carbocycles. The van der Waals surface area contributed by atoms with Gasteiger partial charge < -0.3 is 5.11 Å². The van der Waals surface area contributed by atoms with E-state index in [9.17, 15) is 30.8 Å². The van der Waals surface area contributed by atoms with E-state index in [0.717, 1.165) is 24.3 Å². The van der Waals surface area contributed by atoms with Gasteiger partial charge in [0.2, 0.25) is 10.0 Å². The lowest BCUT2D eigenvalue weighted by Gasteiger charge is -2.21. The third kappa shape index (κ3) is 7.62. The molecule has 1 atom stereocenters. The number of hydrogen-bond acceptors (Lipinski definition) is 3. The fourth-order valence-corrected chi connectivity index (χ4v) is 4.64. The van der Waals surface area contributed by atoms with Crippen molar-refractivity contribution < 1.29 is 35.9 Å². The van der Waals surface area contributed by atoms with Crippen LogP contribution in [0.5, 0.6) is 0 Å². The van der Waals surface area contributed by atoms with Crippen LogP contribution in [-0.4, -0.2) is 19.5 Å². The number of alkyl halides is 3. The summed E-state index contributed by atoms with van der Waals surface area (Å²) in [5.74, 6) is -1.43. The normalized spacial score (nSPS) is 13.2. The minimum Gasteiger partial charge on any atom is -0.481 e. The topological polar surface area (TPSA) is 83.5 Å². The monoisotopic (exact) mass is 461 g/mol. The second-order valence-corrected chi connectivity index (χ2v) is 8.75. The molecule has 0 saturated carbocycles. The van der Waals surface area contributed by atoms with Gasteiger partial charge in [-0.3, -0.25) is 4.79 Å². The number of benzene rings is 2. The fraction of sp³-hybridized carbons (Fsp3) is 0.381. The van der Waals surface area contributed by atoms with Crippen molar-refractivity contribution in [2.24, 2.45) is 0 Å². The van der Waals surface area contributed by atoms with Crippen LogP contribution in [0, 0.1) is 5.82 Å². The van der Waals surface area contributed by atoms with Crippen LogP contribution in [0.1, 0.15) is 55.7 Å². The summed E-state index contributed by atoms with van der Waals surface area (Å²) >= 11 is 0. The molecule has 0 aliphatic heterocycles. The standard InChI is InChI=1S/C21H23F4NO4S/c22-16-13-11-15(12-14-16)18(8-3-1-2-4-10-20(27)28)26-31(29,30)19-9-6-5-7-17(19)21(23,24)25/h5-7,9,11-14,18,26H,1-4,8,10H2,(H,27,28). The Morgan fingerprint density at radius 3 is 2.19 bits per heavy atom. The van der Waals surface area contributed by atoms with Gasteiger partial charge in [0.05, 0.1) is 10.5 Å². The summed E-state index contributed by atoms with van der Waals surface area (Å²) in [6, 6.07) is 8.08. The van der Waals surface area contributed by atoms with E-state index in [2.05, 4.69) is 4.72 Å². The van der Waals surface area contributed by atoms with E-state index < -0.39 is 44.5 Å². The average Bonchev–Trinajstić information content (AvgIpc) is 2.69. The van der Waals surface area contributed by atoms with E-state index in [1.165, 1.54) is 18.2 Å². The summed E-state index contributed by atoms with van der Waals surface area (Å²) in [6.45, 7) is 0. The summed E-state index contributed by atoms with van der Waals surface area (Å²) in [6.07, 6.45) is -2.35. The van der Waals surface area contributed by atoms with Crippen LogP contribution in [0.3, 0.4) is 0 Å². The van der Waals surface area contributed by atoms with Gasteiger partial charge in [-0.05, 0) is 42.7 Å². The predicted octanol–water partition coefficient (Wildman–Crippen LogP) is 5.29. The molecule has 0 heterocycles. The zero-order valence-electron chi connectivity index (χ0n) is 16.5. The fourth-order valence-electron chi connectivity index (χ4n) is 3.15. The van der Waals surface area contributed by atoms with E-state index in [0.29, 0.717) is 37.3 Å². The molecule has 10 heteroatoms. The number of halogens is 4. The molecule has 5 nitrogen and oxygen atoms in total. The minimum atomic E-state index is -4.85. The molecule has 2 N–H and O–H groups in total. The van der Waals surface area contributed by atoms with E-state index in [1.807, 2.05) is 0 Å². The Labute approximate surface area is 178 Å². The van der Waals surface area contributed by atoms with Crippen molar-refractivity contribution in [1.82, 2.24) is 4.72 Å². The van der Waals surface area contributed by atoms with Crippen LogP contribution in [0.4, 0.5) is 17.6 Å². The van der Waals surface area contributed by atoms with Gasteiger partial charge in [0.25, 0.3) is 0 Å². The Bertz CT molecular complexity index is 976. The third-order valence-corrected chi connectivity index (χ3v) is 6.22. The highest BCUT2D eigenvalue weighted by Gasteiger charge is 2.37. The quantitative estimate of drug-likeness (QED) is 0.352. The molecule has 0 fully saturated rings. The summed E-state index contributed by atoms with van der Waals surface area (Å²) in [4.78, 5) is 9.68. The molecule has 0 saturated heterocycles. The van der Waals surface area contributed by atoms with Crippen LogP contribution >= 0.6 is 0 Å². The maximum Gasteiger partial charge on any atom is 0.417 e. The molecule has 1 unspecified atom stereocenters. The predicted molar refractivity (Wildman–Crippen MR) is 106 cm³/mol. The van der Waals surface area contributed by atoms with Gasteiger partial charge in [0, 0.05) is 12.5 Å². The highest BCUT2D eigenvalue weighted by atomic mass is 32.2. The second kappa shape index (κ2) is 10.7. The van der Waals surface area contributed by atoms with Crippen molar-refractivity contribution in [3.05, 3.63) is 65.5 Å². The summed E-state index contributed by atoms with van der Waals surface area (Å²) in [5.41, 5.74) is -0.853. The molecule has 2 aromatic rings. The van der Waals surface area contributed by atoms with Gasteiger partial charge in [-0.1, -0.05) is 43.5 Å². The Kier molecular flexibility index (Phi) is 8.58. The minimum absolute atomic E-state index is 0.0300. The largest absolute Gasteiger partial charge is 0.481 e. The maximum absolute atomic E-state index is 13.3. The molecule has 0 aliphatic rings. The Balaban J connectivity index is 2.20. The Morgan fingerprint density at radius 2 is 1.58 bits per heavy atom. The number of hydrogen-bond donors (Lipinski definition) is 2. The van der Waals surface area contributed by atoms with Gasteiger partial charge >= 0.3 is 12.1 Å². The van der Waals surface area contributed by atoms with Crippen molar-refractivity contribution in [3.63, 3.8) is 0 Å². The van der Waals surface area contributed by atoms with Crippen LogP contribution in [0.15, 0.2) is 53.4 Å². The van der Waals surface area contributed by atoms with Gasteiger partial charge in [-0.25, -0.2) is 17.5 Å². The Hall–Kier alpha value is -2.46. The molecular weight excluding hydrogens is 438 g/mol. The average molecular weight is 461 g/mol. The molecule has 0 aromatic heterocycles. The van der Waals surface area contributed by atoms with Crippen LogP contribution < -0.4 is 4.72 Å². The number of rotatable bonds is 11. The van der Waals surface area contributed by atoms with Crippen molar-refractivity contribution in [3.8, 4) is 0 Å². The molecule has 0 amide bonds. The van der Waals surface area contributed by atoms with Crippen molar-refractivity contribution in [2.75, 3.05) is 0 Å².